The van der Waals surface area contributed by atoms with E-state index in [0.717, 1.165) is 83.7 Å². The maximum atomic E-state index is 10.5. The number of hydrogen-bond acceptors (Lipinski definition) is 1. The summed E-state index contributed by atoms with van der Waals surface area (Å²) < 4.78 is 91.8. The largest absolute Gasteiger partial charge is 0.499 e. The highest BCUT2D eigenvalue weighted by molar-refractivity contribution is 5.98. The van der Waals surface area contributed by atoms with Gasteiger partial charge in [-0.15, -0.1) is 9.13 Å². The van der Waals surface area contributed by atoms with Gasteiger partial charge in [-0.3, -0.25) is 0 Å². The van der Waals surface area contributed by atoms with E-state index in [2.05, 4.69) is 157 Å². The maximum absolute atomic E-state index is 10.5. The Morgan fingerprint density at radius 1 is 0.632 bits per heavy atom. The summed E-state index contributed by atoms with van der Waals surface area (Å²) in [7, 11) is 0. The van der Waals surface area contributed by atoms with Crippen LogP contribution in [0.2, 0.25) is 0 Å². The van der Waals surface area contributed by atoms with Gasteiger partial charge in [0.05, 0.1) is 13.8 Å². The highest BCUT2D eigenvalue weighted by atomic mass is 16.5. The molecule has 8 aromatic rings. The van der Waals surface area contributed by atoms with Gasteiger partial charge >= 0.3 is 11.7 Å². The molecular weight excluding hydrogens is 827 g/mol. The lowest BCUT2D eigenvalue weighted by molar-refractivity contribution is -0.997. The molecule has 344 valence electrons. The van der Waals surface area contributed by atoms with Crippen molar-refractivity contribution in [1.29, 1.82) is 0 Å². The van der Waals surface area contributed by atoms with Gasteiger partial charge in [0.1, 0.15) is 18.2 Å². The molecule has 1 unspecified atom stereocenters. The number of benzene rings is 6. The Labute approximate surface area is 416 Å². The van der Waals surface area contributed by atoms with Crippen LogP contribution >= 0.6 is 0 Å². The number of nitrogens with zero attached hydrogens (tertiary/aromatic N) is 3. The van der Waals surface area contributed by atoms with E-state index in [4.69, 9.17) is 4.74 Å². The number of imidazole rings is 1. The first-order valence-corrected chi connectivity index (χ1v) is 24.5. The molecule has 0 saturated carbocycles. The van der Waals surface area contributed by atoms with E-state index < -0.39 is 23.2 Å². The second-order valence-corrected chi connectivity index (χ2v) is 22.7. The third kappa shape index (κ3) is 6.31. The predicted molar refractivity (Wildman–Crippen MR) is 282 cm³/mol. The van der Waals surface area contributed by atoms with Crippen molar-refractivity contribution in [2.75, 3.05) is 0 Å². The van der Waals surface area contributed by atoms with Crippen LogP contribution in [0.5, 0.6) is 5.75 Å². The van der Waals surface area contributed by atoms with Gasteiger partial charge in [0.15, 0.2) is 23.0 Å². The lowest BCUT2D eigenvalue weighted by Crippen LogP contribution is -2.78. The quantitative estimate of drug-likeness (QED) is 0.146. The zero-order chi connectivity index (χ0) is 55.1. The van der Waals surface area contributed by atoms with Crippen molar-refractivity contribution in [1.82, 2.24) is 4.57 Å². The topological polar surface area (TPSA) is 21.9 Å². The normalized spacial score (nSPS) is 17.5. The van der Waals surface area contributed by atoms with Crippen molar-refractivity contribution >= 4 is 11.0 Å². The Bertz CT molecular complexity index is 3850. The van der Waals surface area contributed by atoms with Crippen molar-refractivity contribution in [3.8, 4) is 67.5 Å². The standard InChI is InChI=1S/C64H69N3O/c1-36(2)44-31-50(39(7)8)60-53(32-44)61-66(54-27-24-43(30-40(54)9)57-47(37(3)4)18-16-19-48(57)38(5)6)55-21-17-20-49-51-34-46(63(13,14)15)35-52-56-33-42(41-22-25-45(26-23-41)62(10,11)12)28-29-65(56)64(68-60,58(51)52)67(61)59(49)55/h16-39H,1-15H3/q+2/i22D,23D,25D,26D,28D,29D,33D,37D. The molecule has 2 aromatic heterocycles. The summed E-state index contributed by atoms with van der Waals surface area (Å²) in [5.41, 5.74) is 14.3. The first kappa shape index (κ1) is 35.8. The molecule has 0 saturated heterocycles. The zero-order valence-corrected chi connectivity index (χ0v) is 42.5. The number of aromatic nitrogens is 3. The van der Waals surface area contributed by atoms with E-state index in [9.17, 15) is 11.0 Å². The van der Waals surface area contributed by atoms with Gasteiger partial charge in [0.2, 0.25) is 5.69 Å². The second kappa shape index (κ2) is 15.1. The van der Waals surface area contributed by atoms with Crippen molar-refractivity contribution in [3.05, 3.63) is 166 Å². The van der Waals surface area contributed by atoms with E-state index in [1.165, 1.54) is 5.56 Å². The predicted octanol–water partition coefficient (Wildman–Crippen LogP) is 16.2. The van der Waals surface area contributed by atoms with Gasteiger partial charge in [-0.2, -0.15) is 4.57 Å². The number of rotatable bonds is 7. The molecule has 0 N–H and O–H groups in total. The van der Waals surface area contributed by atoms with E-state index in [1.807, 2.05) is 34.6 Å². The maximum Gasteiger partial charge on any atom is 0.499 e. The van der Waals surface area contributed by atoms with Gasteiger partial charge in [-0.05, 0) is 145 Å². The zero-order valence-electron chi connectivity index (χ0n) is 50.5. The molecule has 11 rings (SSSR count). The number of aryl methyl sites for hydroxylation is 1. The Morgan fingerprint density at radius 2 is 1.31 bits per heavy atom. The van der Waals surface area contributed by atoms with Crippen LogP contribution in [0.1, 0.15) is 176 Å². The van der Waals surface area contributed by atoms with Crippen LogP contribution < -0.4 is 13.9 Å². The Balaban J connectivity index is 1.33. The molecule has 4 nitrogen and oxygen atoms in total. The number of pyridine rings is 1. The molecule has 6 aromatic carbocycles. The van der Waals surface area contributed by atoms with Crippen LogP contribution in [0.4, 0.5) is 0 Å². The molecule has 4 heteroatoms. The van der Waals surface area contributed by atoms with Crippen LogP contribution in [-0.2, 0) is 16.7 Å². The molecule has 5 heterocycles. The van der Waals surface area contributed by atoms with Gasteiger partial charge in [-0.1, -0.05) is 158 Å². The van der Waals surface area contributed by atoms with Crippen molar-refractivity contribution in [2.45, 2.75) is 144 Å². The van der Waals surface area contributed by atoms with Crippen molar-refractivity contribution < 1.29 is 24.8 Å². The summed E-state index contributed by atoms with van der Waals surface area (Å²) in [5.74, 6) is -0.715. The lowest BCUT2D eigenvalue weighted by atomic mass is 9.80. The molecule has 0 bridgehead atoms. The molecule has 0 amide bonds. The molecular formula is C64H69N3O+2. The summed E-state index contributed by atoms with van der Waals surface area (Å²) in [6, 6.07) is 26.5. The molecule has 1 atom stereocenters. The molecule has 3 aliphatic rings. The Hall–Kier alpha value is -6.26. The first-order chi connectivity index (χ1) is 35.4. The molecule has 0 radical (unpaired) electrons. The van der Waals surface area contributed by atoms with E-state index in [1.54, 1.807) is 4.57 Å². The summed E-state index contributed by atoms with van der Waals surface area (Å²) in [6.45, 7) is 31.2. The first-order valence-electron chi connectivity index (χ1n) is 28.5. The monoisotopic (exact) mass is 904 g/mol. The highest BCUT2D eigenvalue weighted by Gasteiger charge is 2.69. The van der Waals surface area contributed by atoms with Crippen LogP contribution in [0.25, 0.3) is 72.7 Å². The number of hydrogen-bond donors (Lipinski definition) is 0. The fourth-order valence-corrected chi connectivity index (χ4v) is 11.0. The smallest absolute Gasteiger partial charge is 0.392 e. The second-order valence-electron chi connectivity index (χ2n) is 22.7. The fraction of sp³-hybridized carbons (Fsp3) is 0.344. The highest BCUT2D eigenvalue weighted by Crippen LogP contribution is 2.56. The van der Waals surface area contributed by atoms with E-state index in [-0.39, 0.29) is 76.2 Å². The minimum absolute atomic E-state index is 0.00513. The minimum Gasteiger partial charge on any atom is -0.392 e. The number of ether oxygens (including phenoxy) is 1. The summed E-state index contributed by atoms with van der Waals surface area (Å²) in [4.78, 5) is 0. The van der Waals surface area contributed by atoms with E-state index >= 15 is 0 Å². The Kier molecular flexibility index (Phi) is 7.96. The van der Waals surface area contributed by atoms with Gasteiger partial charge < -0.3 is 4.74 Å². The van der Waals surface area contributed by atoms with Gasteiger partial charge in [0, 0.05) is 24.6 Å². The fourth-order valence-electron chi connectivity index (χ4n) is 11.0. The minimum atomic E-state index is -1.70. The summed E-state index contributed by atoms with van der Waals surface area (Å²) in [5, 5.41) is 0. The molecule has 0 fully saturated rings. The number of fused-ring (bicyclic) bond motifs is 5. The third-order valence-corrected chi connectivity index (χ3v) is 14.7. The Morgan fingerprint density at radius 3 is 1.96 bits per heavy atom. The third-order valence-electron chi connectivity index (χ3n) is 14.7. The van der Waals surface area contributed by atoms with Crippen molar-refractivity contribution in [2.24, 2.45) is 0 Å². The SMILES string of the molecule is [2H]c1c([2H])c(C(C)(C)C)c([2H])c([2H])c1-c1c([2H])c([2H])[n+]2c(c1[2H])-c1cc(C(C)(C)C)cc3c1C21Oc2c(cc(C(C)C)cc2C(C)C)-c2n(-c4ccc(-c5c(C(C)C)cccc5C([2H])(C)C)cc4C)c4cccc-3c4[n+]21. The average Bonchev–Trinajstić information content (AvgIpc) is 4.08. The van der Waals surface area contributed by atoms with Crippen molar-refractivity contribution in [3.63, 3.8) is 0 Å². The number of para-hydroxylation sites is 1. The van der Waals surface area contributed by atoms with E-state index in [0.29, 0.717) is 17.0 Å². The molecule has 68 heavy (non-hydrogen) atoms. The van der Waals surface area contributed by atoms with Crippen LogP contribution in [0, 0.1) is 6.92 Å². The van der Waals surface area contributed by atoms with Crippen LogP contribution in [-0.4, -0.2) is 4.57 Å². The van der Waals surface area contributed by atoms with Crippen LogP contribution in [0.3, 0.4) is 0 Å². The summed E-state index contributed by atoms with van der Waals surface area (Å²) >= 11 is 0. The molecule has 3 aliphatic heterocycles. The van der Waals surface area contributed by atoms with Gasteiger partial charge in [-0.25, -0.2) is 0 Å². The van der Waals surface area contributed by atoms with Crippen LogP contribution in [0.15, 0.2) is 121 Å². The lowest BCUT2D eigenvalue weighted by Gasteiger charge is -2.34. The van der Waals surface area contributed by atoms with Gasteiger partial charge in [0.25, 0.3) is 0 Å². The molecule has 0 aliphatic carbocycles. The molecule has 1 spiro atoms. The average molecular weight is 904 g/mol. The summed E-state index contributed by atoms with van der Waals surface area (Å²) in [6.07, 6.45) is -0.290.